The molecule has 0 aliphatic heterocycles. The summed E-state index contributed by atoms with van der Waals surface area (Å²) in [6.45, 7) is 4.88. The van der Waals surface area contributed by atoms with Crippen molar-refractivity contribution in [3.63, 3.8) is 0 Å². The molecule has 1 amide bonds. The Morgan fingerprint density at radius 3 is 2.56 bits per heavy atom. The summed E-state index contributed by atoms with van der Waals surface area (Å²) >= 11 is 0. The highest BCUT2D eigenvalue weighted by molar-refractivity contribution is 5.77. The van der Waals surface area contributed by atoms with Gasteiger partial charge in [-0.2, -0.15) is 0 Å². The van der Waals surface area contributed by atoms with E-state index >= 15 is 0 Å². The van der Waals surface area contributed by atoms with Crippen LogP contribution in [0.3, 0.4) is 0 Å². The van der Waals surface area contributed by atoms with Crippen molar-refractivity contribution in [1.82, 2.24) is 24.8 Å². The average Bonchev–Trinajstić information content (AvgIpc) is 3.29. The summed E-state index contributed by atoms with van der Waals surface area (Å²) in [5.74, 6) is 0.0711. The summed E-state index contributed by atoms with van der Waals surface area (Å²) < 4.78 is 17.9. The number of hydrogen-bond donors (Lipinski definition) is 2. The quantitative estimate of drug-likeness (QED) is 0.360. The van der Waals surface area contributed by atoms with Gasteiger partial charge in [0.25, 0.3) is 0 Å². The number of pyridine rings is 1. The molecule has 0 unspecified atom stereocenters. The zero-order valence-corrected chi connectivity index (χ0v) is 21.1. The second-order valence-corrected chi connectivity index (χ2v) is 9.18. The minimum atomic E-state index is -0.655. The van der Waals surface area contributed by atoms with Crippen molar-refractivity contribution in [2.45, 2.75) is 38.6 Å². The van der Waals surface area contributed by atoms with Crippen LogP contribution in [0.25, 0.3) is 5.65 Å². The summed E-state index contributed by atoms with van der Waals surface area (Å²) in [5.41, 5.74) is 8.08. The highest BCUT2D eigenvalue weighted by atomic mass is 16.6. The number of hydrogen-bond acceptors (Lipinski definition) is 9. The predicted molar refractivity (Wildman–Crippen MR) is 133 cm³/mol. The zero-order valence-electron chi connectivity index (χ0n) is 21.1. The second kappa shape index (κ2) is 12.4. The van der Waals surface area contributed by atoms with Crippen molar-refractivity contribution < 1.29 is 23.8 Å². The Hall–Kier alpha value is -3.54. The number of amides is 1. The van der Waals surface area contributed by atoms with Gasteiger partial charge >= 0.3 is 12.1 Å². The Morgan fingerprint density at radius 1 is 1.11 bits per heavy atom. The number of benzene rings is 1. The van der Waals surface area contributed by atoms with Crippen molar-refractivity contribution >= 4 is 17.7 Å². The normalized spacial score (nSPS) is 12.4. The van der Waals surface area contributed by atoms with Crippen molar-refractivity contribution in [2.75, 3.05) is 33.9 Å². The third kappa shape index (κ3) is 7.74. The Morgan fingerprint density at radius 2 is 1.86 bits per heavy atom. The molecule has 2 heterocycles. The maximum absolute atomic E-state index is 12.4. The van der Waals surface area contributed by atoms with E-state index in [0.717, 1.165) is 10.5 Å². The minimum Gasteiger partial charge on any atom is -0.468 e. The lowest BCUT2D eigenvalue weighted by atomic mass is 10.1. The number of rotatable bonds is 12. The molecule has 3 rings (SSSR count). The van der Waals surface area contributed by atoms with Crippen LogP contribution < -0.4 is 11.1 Å². The van der Waals surface area contributed by atoms with Gasteiger partial charge in [0.2, 0.25) is 0 Å². The van der Waals surface area contributed by atoms with E-state index in [9.17, 15) is 9.59 Å². The molecule has 0 radical (unpaired) electrons. The van der Waals surface area contributed by atoms with Gasteiger partial charge in [-0.1, -0.05) is 36.4 Å². The van der Waals surface area contributed by atoms with E-state index in [1.54, 1.807) is 0 Å². The van der Waals surface area contributed by atoms with Crippen molar-refractivity contribution in [1.29, 1.82) is 0 Å². The smallest absolute Gasteiger partial charge is 0.410 e. The Labute approximate surface area is 210 Å². The third-order valence-electron chi connectivity index (χ3n) is 5.30. The van der Waals surface area contributed by atoms with Crippen molar-refractivity contribution in [2.24, 2.45) is 5.73 Å². The number of aromatic nitrogens is 3. The first-order valence-corrected chi connectivity index (χ1v) is 11.6. The number of likely N-dealkylation sites (N-methyl/N-ethyl adjacent to an activating group) is 1. The van der Waals surface area contributed by atoms with Gasteiger partial charge in [0, 0.05) is 19.1 Å². The number of esters is 1. The molecule has 11 heteroatoms. The lowest BCUT2D eigenvalue weighted by molar-refractivity contribution is -0.141. The number of carbonyl (C=O) groups excluding carboxylic acids is 2. The number of nitrogens with two attached hydrogens (primary N) is 1. The van der Waals surface area contributed by atoms with Gasteiger partial charge in [-0.3, -0.25) is 9.20 Å². The molecule has 0 spiro atoms. The van der Waals surface area contributed by atoms with Crippen LogP contribution in [0.5, 0.6) is 0 Å². The maximum Gasteiger partial charge on any atom is 0.410 e. The topological polar surface area (TPSA) is 133 Å². The number of carbonyl (C=O) groups is 2. The van der Waals surface area contributed by atoms with Crippen LogP contribution in [0, 0.1) is 0 Å². The van der Waals surface area contributed by atoms with Gasteiger partial charge in [0.15, 0.2) is 11.5 Å². The van der Waals surface area contributed by atoms with Crippen LogP contribution in [0.15, 0.2) is 48.5 Å². The molecule has 3 aromatic rings. The molecule has 0 aliphatic carbocycles. The fraction of sp³-hybridized carbons (Fsp3) is 0.440. The van der Waals surface area contributed by atoms with Crippen LogP contribution in [-0.4, -0.2) is 71.0 Å². The van der Waals surface area contributed by atoms with E-state index in [1.807, 2.05) is 66.8 Å². The standard InChI is InChI=1S/C25H34N6O5/c1-25(2,26)17-27-20(16-35-14-18-9-6-5-7-10-18)23-29-28-21-12-8-11-19(31(21)23)15-36-24(33)30(3)13-22(32)34-4/h5-12,20,27H,13-17,26H2,1-4H3/t20-/m1/s1. The lowest BCUT2D eigenvalue weighted by Gasteiger charge is -2.24. The van der Waals surface area contributed by atoms with E-state index in [4.69, 9.17) is 15.2 Å². The van der Waals surface area contributed by atoms with Crippen molar-refractivity contribution in [3.8, 4) is 0 Å². The Kier molecular flexibility index (Phi) is 9.34. The van der Waals surface area contributed by atoms with Gasteiger partial charge in [0.1, 0.15) is 13.2 Å². The van der Waals surface area contributed by atoms with E-state index in [0.29, 0.717) is 36.9 Å². The lowest BCUT2D eigenvalue weighted by Crippen LogP contribution is -2.45. The molecule has 36 heavy (non-hydrogen) atoms. The molecule has 11 nitrogen and oxygen atoms in total. The highest BCUT2D eigenvalue weighted by Crippen LogP contribution is 2.18. The molecular weight excluding hydrogens is 464 g/mol. The molecule has 0 bridgehead atoms. The summed E-state index contributed by atoms with van der Waals surface area (Å²) in [5, 5.41) is 12.1. The SMILES string of the molecule is COC(=O)CN(C)C(=O)OCc1cccc2nnc([C@@H](COCc3ccccc3)NCC(C)(C)N)n12. The highest BCUT2D eigenvalue weighted by Gasteiger charge is 2.23. The first-order chi connectivity index (χ1) is 17.2. The van der Waals surface area contributed by atoms with E-state index in [1.165, 1.54) is 14.2 Å². The fourth-order valence-electron chi connectivity index (χ4n) is 3.42. The van der Waals surface area contributed by atoms with Crippen LogP contribution in [0.4, 0.5) is 4.79 Å². The largest absolute Gasteiger partial charge is 0.468 e. The van der Waals surface area contributed by atoms with Crippen LogP contribution in [-0.2, 0) is 32.2 Å². The van der Waals surface area contributed by atoms with Crippen LogP contribution in [0.2, 0.25) is 0 Å². The van der Waals surface area contributed by atoms with Gasteiger partial charge in [0.05, 0.1) is 32.1 Å². The molecular formula is C25H34N6O5. The number of methoxy groups -OCH3 is 1. The summed E-state index contributed by atoms with van der Waals surface area (Å²) in [6, 6.07) is 15.0. The van der Waals surface area contributed by atoms with Gasteiger partial charge < -0.3 is 30.2 Å². The predicted octanol–water partition coefficient (Wildman–Crippen LogP) is 2.06. The first kappa shape index (κ1) is 27.1. The number of ether oxygens (including phenoxy) is 3. The minimum absolute atomic E-state index is 0.0489. The number of nitrogens with one attached hydrogen (secondary N) is 1. The average molecular weight is 499 g/mol. The molecule has 194 valence electrons. The van der Waals surface area contributed by atoms with Crippen LogP contribution in [0.1, 0.15) is 37.0 Å². The molecule has 3 N–H and O–H groups in total. The summed E-state index contributed by atoms with van der Waals surface area (Å²) in [4.78, 5) is 25.0. The molecule has 0 aliphatic rings. The Bertz CT molecular complexity index is 1140. The van der Waals surface area contributed by atoms with Crippen LogP contribution >= 0.6 is 0 Å². The fourth-order valence-corrected chi connectivity index (χ4v) is 3.42. The summed E-state index contributed by atoms with van der Waals surface area (Å²) in [6.07, 6.45) is -0.655. The maximum atomic E-state index is 12.4. The van der Waals surface area contributed by atoms with E-state index in [-0.39, 0.29) is 19.2 Å². The van der Waals surface area contributed by atoms with Crippen molar-refractivity contribution in [3.05, 3.63) is 65.6 Å². The molecule has 1 atom stereocenters. The molecule has 0 fully saturated rings. The molecule has 0 saturated heterocycles. The number of nitrogens with zero attached hydrogens (tertiary/aromatic N) is 4. The monoisotopic (exact) mass is 498 g/mol. The zero-order chi connectivity index (χ0) is 26.1. The molecule has 0 saturated carbocycles. The summed E-state index contributed by atoms with van der Waals surface area (Å²) in [7, 11) is 2.72. The Balaban J connectivity index is 1.79. The first-order valence-electron chi connectivity index (χ1n) is 11.6. The van der Waals surface area contributed by atoms with E-state index < -0.39 is 17.6 Å². The third-order valence-corrected chi connectivity index (χ3v) is 5.30. The second-order valence-electron chi connectivity index (χ2n) is 9.18. The molecule has 1 aromatic carbocycles. The van der Waals surface area contributed by atoms with E-state index in [2.05, 4.69) is 20.3 Å². The van der Waals surface area contributed by atoms with Gasteiger partial charge in [-0.15, -0.1) is 10.2 Å². The van der Waals surface area contributed by atoms with Gasteiger partial charge in [-0.25, -0.2) is 4.79 Å². The number of fused-ring (bicyclic) bond motifs is 1. The molecule has 2 aromatic heterocycles. The van der Waals surface area contributed by atoms with Gasteiger partial charge in [-0.05, 0) is 31.5 Å².